The van der Waals surface area contributed by atoms with Gasteiger partial charge in [-0.2, -0.15) is 0 Å². The van der Waals surface area contributed by atoms with Crippen molar-refractivity contribution in [1.29, 1.82) is 0 Å². The summed E-state index contributed by atoms with van der Waals surface area (Å²) in [6.45, 7) is 5.10. The van der Waals surface area contributed by atoms with E-state index in [0.29, 0.717) is 22.2 Å². The van der Waals surface area contributed by atoms with Crippen LogP contribution < -0.4 is 4.90 Å². The van der Waals surface area contributed by atoms with Crippen molar-refractivity contribution in [2.45, 2.75) is 19.4 Å². The van der Waals surface area contributed by atoms with Gasteiger partial charge in [0.05, 0.1) is 4.91 Å². The Bertz CT molecular complexity index is 1050. The third kappa shape index (κ3) is 6.01. The smallest absolute Gasteiger partial charge is 0.303 e. The fraction of sp³-hybridized carbons (Fsp3) is 0.320. The molecule has 2 fully saturated rings. The minimum Gasteiger partial charge on any atom is -0.481 e. The van der Waals surface area contributed by atoms with Crippen LogP contribution in [0.4, 0.5) is 5.69 Å². The van der Waals surface area contributed by atoms with Gasteiger partial charge in [-0.05, 0) is 29.7 Å². The second-order valence-electron chi connectivity index (χ2n) is 8.14. The molecule has 0 aliphatic carbocycles. The van der Waals surface area contributed by atoms with Crippen LogP contribution in [0.2, 0.25) is 0 Å². The number of amides is 1. The molecular formula is C25H27N3O3S2. The fourth-order valence-electron chi connectivity index (χ4n) is 4.11. The zero-order valence-corrected chi connectivity index (χ0v) is 20.0. The van der Waals surface area contributed by atoms with E-state index in [-0.39, 0.29) is 12.3 Å². The molecule has 0 atom stereocenters. The molecule has 6 nitrogen and oxygen atoms in total. The molecular weight excluding hydrogens is 454 g/mol. The molecule has 2 aliphatic rings. The molecule has 2 heterocycles. The molecule has 0 aromatic heterocycles. The van der Waals surface area contributed by atoms with E-state index in [1.807, 2.05) is 30.3 Å². The minimum absolute atomic E-state index is 0.0230. The first kappa shape index (κ1) is 23.5. The molecule has 2 aliphatic heterocycles. The number of para-hydroxylation sites is 1. The van der Waals surface area contributed by atoms with E-state index in [2.05, 4.69) is 40.1 Å². The predicted molar refractivity (Wildman–Crippen MR) is 137 cm³/mol. The van der Waals surface area contributed by atoms with Crippen molar-refractivity contribution in [1.82, 2.24) is 9.80 Å². The van der Waals surface area contributed by atoms with Crippen LogP contribution in [-0.2, 0) is 16.1 Å². The maximum Gasteiger partial charge on any atom is 0.303 e. The van der Waals surface area contributed by atoms with E-state index in [1.54, 1.807) is 0 Å². The third-order valence-corrected chi connectivity index (χ3v) is 7.21. The molecule has 33 heavy (non-hydrogen) atoms. The number of hydrogen-bond acceptors (Lipinski definition) is 6. The standard InChI is InChI=1S/C25H27N3O3S2/c29-23(30)11-6-12-28-24(31)22(33-25(28)32)17-20-9-4-5-10-21(20)27-15-13-26(14-16-27)18-19-7-2-1-3-8-19/h1-5,7-10,17H,6,11-16,18H2,(H,29,30)/b22-17-. The van der Waals surface area contributed by atoms with Crippen molar-refractivity contribution in [3.8, 4) is 0 Å². The van der Waals surface area contributed by atoms with Gasteiger partial charge in [0.2, 0.25) is 0 Å². The number of hydrogen-bond donors (Lipinski definition) is 1. The number of carbonyl (C=O) groups is 2. The zero-order chi connectivity index (χ0) is 23.2. The first-order valence-electron chi connectivity index (χ1n) is 11.1. The van der Waals surface area contributed by atoms with E-state index < -0.39 is 5.97 Å². The monoisotopic (exact) mass is 481 g/mol. The quantitative estimate of drug-likeness (QED) is 0.450. The molecule has 2 aromatic rings. The maximum atomic E-state index is 12.9. The number of piperazine rings is 1. The van der Waals surface area contributed by atoms with Gasteiger partial charge < -0.3 is 10.0 Å². The summed E-state index contributed by atoms with van der Waals surface area (Å²) in [5.41, 5.74) is 3.45. The molecule has 172 valence electrons. The molecule has 4 rings (SSSR count). The second kappa shape index (κ2) is 11.0. The highest BCUT2D eigenvalue weighted by atomic mass is 32.2. The Hall–Kier alpha value is -2.68. The summed E-state index contributed by atoms with van der Waals surface area (Å²) in [6, 6.07) is 18.7. The molecule has 2 aromatic carbocycles. The number of anilines is 1. The van der Waals surface area contributed by atoms with Crippen LogP contribution in [0.5, 0.6) is 0 Å². The molecule has 8 heteroatoms. The van der Waals surface area contributed by atoms with Crippen LogP contribution >= 0.6 is 24.0 Å². The summed E-state index contributed by atoms with van der Waals surface area (Å²) in [5, 5.41) is 8.85. The van der Waals surface area contributed by atoms with Crippen molar-refractivity contribution in [2.24, 2.45) is 0 Å². The van der Waals surface area contributed by atoms with E-state index in [4.69, 9.17) is 17.3 Å². The lowest BCUT2D eigenvalue weighted by Gasteiger charge is -2.36. The van der Waals surface area contributed by atoms with Crippen molar-refractivity contribution in [3.05, 3.63) is 70.6 Å². The first-order chi connectivity index (χ1) is 16.0. The van der Waals surface area contributed by atoms with Gasteiger partial charge in [-0.1, -0.05) is 72.5 Å². The van der Waals surface area contributed by atoms with Crippen LogP contribution in [0.25, 0.3) is 6.08 Å². The maximum absolute atomic E-state index is 12.9. The summed E-state index contributed by atoms with van der Waals surface area (Å²) < 4.78 is 0.489. The highest BCUT2D eigenvalue weighted by Gasteiger charge is 2.32. The topological polar surface area (TPSA) is 64.1 Å². The number of rotatable bonds is 8. The largest absolute Gasteiger partial charge is 0.481 e. The molecule has 2 saturated heterocycles. The lowest BCUT2D eigenvalue weighted by Crippen LogP contribution is -2.46. The number of carbonyl (C=O) groups excluding carboxylic acids is 1. The van der Waals surface area contributed by atoms with Gasteiger partial charge in [0.1, 0.15) is 4.32 Å². The van der Waals surface area contributed by atoms with Gasteiger partial charge in [-0.25, -0.2) is 0 Å². The summed E-state index contributed by atoms with van der Waals surface area (Å²) in [4.78, 5) is 30.6. The van der Waals surface area contributed by atoms with Gasteiger partial charge in [0.15, 0.2) is 0 Å². The molecule has 1 amide bonds. The lowest BCUT2D eigenvalue weighted by atomic mass is 10.1. The molecule has 0 unspecified atom stereocenters. The SMILES string of the molecule is O=C(O)CCCN1C(=O)/C(=C/c2ccccc2N2CCN(Cc3ccccc3)CC2)SC1=S. The van der Waals surface area contributed by atoms with Gasteiger partial charge in [0, 0.05) is 51.4 Å². The van der Waals surface area contributed by atoms with Gasteiger partial charge in [0.25, 0.3) is 5.91 Å². The number of thiocarbonyl (C=S) groups is 1. The van der Waals surface area contributed by atoms with Crippen molar-refractivity contribution in [3.63, 3.8) is 0 Å². The number of aliphatic carboxylic acids is 1. The van der Waals surface area contributed by atoms with Crippen LogP contribution in [0, 0.1) is 0 Å². The summed E-state index contributed by atoms with van der Waals surface area (Å²) in [6.07, 6.45) is 2.33. The van der Waals surface area contributed by atoms with Crippen molar-refractivity contribution < 1.29 is 14.7 Å². The Morgan fingerprint density at radius 3 is 2.45 bits per heavy atom. The van der Waals surface area contributed by atoms with Crippen LogP contribution in [0.1, 0.15) is 24.0 Å². The Morgan fingerprint density at radius 2 is 1.73 bits per heavy atom. The van der Waals surface area contributed by atoms with Crippen LogP contribution in [0.15, 0.2) is 59.5 Å². The second-order valence-corrected chi connectivity index (χ2v) is 9.81. The Morgan fingerprint density at radius 1 is 1.03 bits per heavy atom. The molecule has 1 N–H and O–H groups in total. The van der Waals surface area contributed by atoms with Crippen molar-refractivity contribution in [2.75, 3.05) is 37.6 Å². The highest BCUT2D eigenvalue weighted by Crippen LogP contribution is 2.34. The summed E-state index contributed by atoms with van der Waals surface area (Å²) in [5.74, 6) is -1.01. The number of thioether (sulfide) groups is 1. The Labute approximate surface area is 203 Å². The van der Waals surface area contributed by atoms with E-state index in [0.717, 1.165) is 44.0 Å². The average molecular weight is 482 g/mol. The van der Waals surface area contributed by atoms with Crippen LogP contribution in [0.3, 0.4) is 0 Å². The molecule has 0 radical (unpaired) electrons. The van der Waals surface area contributed by atoms with E-state index >= 15 is 0 Å². The fourth-order valence-corrected chi connectivity index (χ4v) is 5.41. The Kier molecular flexibility index (Phi) is 7.80. The van der Waals surface area contributed by atoms with Gasteiger partial charge >= 0.3 is 5.97 Å². The third-order valence-electron chi connectivity index (χ3n) is 5.83. The number of carboxylic acid groups (broad SMARTS) is 1. The normalized spacial score (nSPS) is 18.4. The highest BCUT2D eigenvalue weighted by molar-refractivity contribution is 8.26. The van der Waals surface area contributed by atoms with Gasteiger partial charge in [-0.3, -0.25) is 19.4 Å². The number of benzene rings is 2. The van der Waals surface area contributed by atoms with E-state index in [9.17, 15) is 9.59 Å². The average Bonchev–Trinajstić information content (AvgIpc) is 3.08. The van der Waals surface area contributed by atoms with Crippen molar-refractivity contribution >= 4 is 51.9 Å². The summed E-state index contributed by atoms with van der Waals surface area (Å²) >= 11 is 6.67. The minimum atomic E-state index is -0.867. The van der Waals surface area contributed by atoms with E-state index in [1.165, 1.54) is 22.2 Å². The zero-order valence-electron chi connectivity index (χ0n) is 18.4. The van der Waals surface area contributed by atoms with Crippen LogP contribution in [-0.4, -0.2) is 63.8 Å². The molecule has 0 spiro atoms. The predicted octanol–water partition coefficient (Wildman–Crippen LogP) is 4.07. The van der Waals surface area contributed by atoms with Gasteiger partial charge in [-0.15, -0.1) is 0 Å². The molecule has 0 saturated carbocycles. The first-order valence-corrected chi connectivity index (χ1v) is 12.3. The summed E-state index contributed by atoms with van der Waals surface area (Å²) in [7, 11) is 0. The molecule has 0 bridgehead atoms. The number of nitrogens with zero attached hydrogens (tertiary/aromatic N) is 3. The number of carboxylic acids is 1. The lowest BCUT2D eigenvalue weighted by molar-refractivity contribution is -0.137. The Balaban J connectivity index is 1.42.